The lowest BCUT2D eigenvalue weighted by Crippen LogP contribution is -2.34. The van der Waals surface area contributed by atoms with E-state index in [1.807, 2.05) is 0 Å². The van der Waals surface area contributed by atoms with Crippen molar-refractivity contribution in [2.45, 2.75) is 18.9 Å². The number of rotatable bonds is 3. The summed E-state index contributed by atoms with van der Waals surface area (Å²) in [6, 6.07) is 1.71. The van der Waals surface area contributed by atoms with Crippen LogP contribution >= 0.6 is 15.9 Å². The van der Waals surface area contributed by atoms with Gasteiger partial charge in [0.05, 0.1) is 0 Å². The molecule has 0 unspecified atom stereocenters. The van der Waals surface area contributed by atoms with E-state index in [4.69, 9.17) is 0 Å². The Morgan fingerprint density at radius 1 is 1.55 bits per heavy atom. The van der Waals surface area contributed by atoms with Gasteiger partial charge in [0, 0.05) is 23.8 Å². The van der Waals surface area contributed by atoms with Gasteiger partial charge in [-0.3, -0.25) is 14.5 Å². The highest BCUT2D eigenvalue weighted by atomic mass is 79.9. The minimum atomic E-state index is -0.466. The fourth-order valence-corrected chi connectivity index (χ4v) is 2.36. The summed E-state index contributed by atoms with van der Waals surface area (Å²) in [4.78, 5) is 25.9. The summed E-state index contributed by atoms with van der Waals surface area (Å²) >= 11 is 3.33. The van der Waals surface area contributed by atoms with E-state index in [9.17, 15) is 9.59 Å². The molecule has 1 fully saturated rings. The molecule has 0 aliphatic heterocycles. The molecule has 2 aromatic rings. The summed E-state index contributed by atoms with van der Waals surface area (Å²) < 4.78 is 2.29. The molecule has 3 rings (SSSR count). The van der Waals surface area contributed by atoms with Gasteiger partial charge in [0.15, 0.2) is 0 Å². The SMILES string of the molecule is CN(C(=O)c1cc(Br)cn(C2CC2)c1=O)c1nn[nH]n1. The van der Waals surface area contributed by atoms with Crippen molar-refractivity contribution in [3.63, 3.8) is 0 Å². The number of H-pyrrole nitrogens is 1. The van der Waals surface area contributed by atoms with Crippen LogP contribution in [-0.4, -0.2) is 38.1 Å². The van der Waals surface area contributed by atoms with Crippen molar-refractivity contribution in [2.24, 2.45) is 0 Å². The number of carbonyl (C=O) groups excluding carboxylic acids is 1. The first-order chi connectivity index (χ1) is 9.58. The molecule has 0 bridgehead atoms. The van der Waals surface area contributed by atoms with Gasteiger partial charge in [-0.25, -0.2) is 0 Å². The molecule has 2 aromatic heterocycles. The van der Waals surface area contributed by atoms with Crippen molar-refractivity contribution in [1.82, 2.24) is 25.2 Å². The maximum Gasteiger partial charge on any atom is 0.272 e. The molecule has 20 heavy (non-hydrogen) atoms. The highest BCUT2D eigenvalue weighted by Crippen LogP contribution is 2.34. The molecule has 1 N–H and O–H groups in total. The number of carbonyl (C=O) groups is 1. The van der Waals surface area contributed by atoms with Gasteiger partial charge in [0.25, 0.3) is 17.4 Å². The largest absolute Gasteiger partial charge is 0.311 e. The van der Waals surface area contributed by atoms with E-state index in [0.717, 1.165) is 12.8 Å². The van der Waals surface area contributed by atoms with Crippen molar-refractivity contribution in [2.75, 3.05) is 11.9 Å². The van der Waals surface area contributed by atoms with Gasteiger partial charge in [-0.1, -0.05) is 5.10 Å². The smallest absolute Gasteiger partial charge is 0.272 e. The number of nitrogens with one attached hydrogen (secondary N) is 1. The lowest BCUT2D eigenvalue weighted by Gasteiger charge is -2.13. The van der Waals surface area contributed by atoms with Crippen LogP contribution in [0.4, 0.5) is 5.95 Å². The fraction of sp³-hybridized carbons (Fsp3) is 0.364. The van der Waals surface area contributed by atoms with Gasteiger partial charge in [-0.2, -0.15) is 5.21 Å². The molecule has 0 spiro atoms. The second-order valence-electron chi connectivity index (χ2n) is 4.59. The van der Waals surface area contributed by atoms with Gasteiger partial charge in [0.2, 0.25) is 0 Å². The molecule has 0 atom stereocenters. The van der Waals surface area contributed by atoms with Gasteiger partial charge in [-0.05, 0) is 40.1 Å². The van der Waals surface area contributed by atoms with Crippen LogP contribution < -0.4 is 10.5 Å². The normalized spacial score (nSPS) is 14.3. The average Bonchev–Trinajstić information content (AvgIpc) is 3.13. The number of hydrogen-bond acceptors (Lipinski definition) is 5. The molecule has 0 aromatic carbocycles. The van der Waals surface area contributed by atoms with E-state index in [-0.39, 0.29) is 23.1 Å². The molecular formula is C11H11BrN6O2. The molecule has 1 saturated carbocycles. The Morgan fingerprint density at radius 3 is 2.90 bits per heavy atom. The number of nitrogens with zero attached hydrogens (tertiary/aromatic N) is 5. The molecule has 1 aliphatic carbocycles. The summed E-state index contributed by atoms with van der Waals surface area (Å²) in [5, 5.41) is 13.1. The third kappa shape index (κ3) is 2.24. The van der Waals surface area contributed by atoms with Crippen LogP contribution in [0.25, 0.3) is 0 Å². The van der Waals surface area contributed by atoms with Crippen LogP contribution in [-0.2, 0) is 0 Å². The van der Waals surface area contributed by atoms with Crippen molar-refractivity contribution in [3.8, 4) is 0 Å². The van der Waals surface area contributed by atoms with Crippen LogP contribution in [0.5, 0.6) is 0 Å². The first-order valence-electron chi connectivity index (χ1n) is 6.01. The fourth-order valence-electron chi connectivity index (χ4n) is 1.91. The third-order valence-electron chi connectivity index (χ3n) is 3.12. The quantitative estimate of drug-likeness (QED) is 0.889. The molecule has 9 heteroatoms. The lowest BCUT2D eigenvalue weighted by atomic mass is 10.2. The molecule has 104 valence electrons. The second-order valence-corrected chi connectivity index (χ2v) is 5.51. The number of pyridine rings is 1. The van der Waals surface area contributed by atoms with Crippen molar-refractivity contribution in [1.29, 1.82) is 0 Å². The van der Waals surface area contributed by atoms with Gasteiger partial charge < -0.3 is 4.57 Å². The van der Waals surface area contributed by atoms with Crippen LogP contribution in [0.3, 0.4) is 0 Å². The van der Waals surface area contributed by atoms with Crippen molar-refractivity contribution >= 4 is 27.8 Å². The van der Waals surface area contributed by atoms with Crippen LogP contribution in [0, 0.1) is 0 Å². The maximum absolute atomic E-state index is 12.4. The molecule has 2 heterocycles. The Balaban J connectivity index is 2.01. The van der Waals surface area contributed by atoms with E-state index in [0.29, 0.717) is 4.47 Å². The zero-order valence-electron chi connectivity index (χ0n) is 10.6. The Bertz CT molecular complexity index is 706. The highest BCUT2D eigenvalue weighted by Gasteiger charge is 2.28. The van der Waals surface area contributed by atoms with Gasteiger partial charge in [0.1, 0.15) is 5.56 Å². The summed E-state index contributed by atoms with van der Waals surface area (Å²) in [5.41, 5.74) is -0.213. The predicted octanol–water partition coefficient (Wildman–Crippen LogP) is 0.735. The number of tetrazole rings is 1. The second kappa shape index (κ2) is 4.82. The zero-order chi connectivity index (χ0) is 14.3. The Hall–Kier alpha value is -2.03. The number of aromatic amines is 1. The zero-order valence-corrected chi connectivity index (χ0v) is 12.2. The third-order valence-corrected chi connectivity index (χ3v) is 3.55. The maximum atomic E-state index is 12.4. The number of amides is 1. The monoisotopic (exact) mass is 338 g/mol. The highest BCUT2D eigenvalue weighted by molar-refractivity contribution is 9.10. The van der Waals surface area contributed by atoms with Crippen LogP contribution in [0.1, 0.15) is 29.2 Å². The van der Waals surface area contributed by atoms with Crippen molar-refractivity contribution < 1.29 is 4.79 Å². The standard InChI is InChI=1S/C11H11BrN6O2/c1-17(11-13-15-16-14-11)9(19)8-4-6(12)5-18(10(8)20)7-2-3-7/h4-5,7H,2-3H2,1H3,(H,13,14,15,16). The topological polar surface area (TPSA) is 96.8 Å². The number of hydrogen-bond donors (Lipinski definition) is 1. The first kappa shape index (κ1) is 13.0. The average molecular weight is 339 g/mol. The minimum Gasteiger partial charge on any atom is -0.311 e. The first-order valence-corrected chi connectivity index (χ1v) is 6.80. The molecule has 1 aliphatic rings. The van der Waals surface area contributed by atoms with Gasteiger partial charge >= 0.3 is 0 Å². The summed E-state index contributed by atoms with van der Waals surface area (Å²) in [6.07, 6.45) is 3.64. The predicted molar refractivity (Wildman–Crippen MR) is 73.6 cm³/mol. The van der Waals surface area contributed by atoms with E-state index in [1.165, 1.54) is 18.0 Å². The number of halogens is 1. The van der Waals surface area contributed by atoms with Crippen molar-refractivity contribution in [3.05, 3.63) is 32.7 Å². The number of aromatic nitrogens is 5. The molecule has 1 amide bonds. The van der Waals surface area contributed by atoms with Gasteiger partial charge in [-0.15, -0.1) is 5.10 Å². The summed E-state index contributed by atoms with van der Waals surface area (Å²) in [6.45, 7) is 0. The summed E-state index contributed by atoms with van der Waals surface area (Å²) in [5.74, 6) is -0.348. The van der Waals surface area contributed by atoms with E-state index in [1.54, 1.807) is 10.8 Å². The minimum absolute atomic E-state index is 0.0820. The molecule has 0 saturated heterocycles. The Morgan fingerprint density at radius 2 is 2.30 bits per heavy atom. The Labute approximate surface area is 121 Å². The molecule has 0 radical (unpaired) electrons. The summed E-state index contributed by atoms with van der Waals surface area (Å²) in [7, 11) is 1.50. The lowest BCUT2D eigenvalue weighted by molar-refractivity contribution is 0.0989. The molecule has 8 nitrogen and oxygen atoms in total. The number of anilines is 1. The van der Waals surface area contributed by atoms with E-state index >= 15 is 0 Å². The molecular weight excluding hydrogens is 328 g/mol. The Kier molecular flexibility index (Phi) is 3.13. The van der Waals surface area contributed by atoms with Crippen LogP contribution in [0.2, 0.25) is 0 Å². The van der Waals surface area contributed by atoms with Crippen LogP contribution in [0.15, 0.2) is 21.5 Å². The van der Waals surface area contributed by atoms with E-state index < -0.39 is 5.91 Å². The van der Waals surface area contributed by atoms with E-state index in [2.05, 4.69) is 36.6 Å².